The number of likely N-dealkylation sites (N-methyl/N-ethyl adjacent to an activating group) is 1. The molecule has 1 heterocycles. The van der Waals surface area contributed by atoms with Crippen molar-refractivity contribution >= 4 is 18.5 Å². The van der Waals surface area contributed by atoms with E-state index in [9.17, 15) is 15.0 Å². The number of carbonyl (C=O) groups excluding carboxylic acids is 1. The molecule has 3 N–H and O–H groups in total. The van der Waals surface area contributed by atoms with Gasteiger partial charge in [-0.25, -0.2) is 0 Å². The highest BCUT2D eigenvalue weighted by molar-refractivity contribution is 7.80. The van der Waals surface area contributed by atoms with Crippen LogP contribution in [0.3, 0.4) is 0 Å². The second kappa shape index (κ2) is 4.28. The fourth-order valence-electron chi connectivity index (χ4n) is 1.15. The summed E-state index contributed by atoms with van der Waals surface area (Å²) in [5, 5.41) is 21.1. The van der Waals surface area contributed by atoms with Crippen molar-refractivity contribution in [3.63, 3.8) is 0 Å². The quantitative estimate of drug-likeness (QED) is 0.416. The normalized spacial score (nSPS) is 39.1. The van der Waals surface area contributed by atoms with Gasteiger partial charge in [0.1, 0.15) is 17.6 Å². The van der Waals surface area contributed by atoms with Crippen LogP contribution in [0.15, 0.2) is 0 Å². The molecule has 0 aromatic carbocycles. The predicted molar refractivity (Wildman–Crippen MR) is 48.3 cm³/mol. The zero-order valence-corrected chi connectivity index (χ0v) is 8.07. The van der Waals surface area contributed by atoms with Crippen molar-refractivity contribution in [2.24, 2.45) is 0 Å². The number of thiol groups is 1. The Bertz CT molecular complexity index is 201. The molecule has 1 rings (SSSR count). The third kappa shape index (κ3) is 2.14. The van der Waals surface area contributed by atoms with E-state index in [1.807, 2.05) is 0 Å². The second-order valence-corrected chi connectivity index (χ2v) is 3.33. The summed E-state index contributed by atoms with van der Waals surface area (Å²) in [6.45, 7) is 2.21. The minimum absolute atomic E-state index is 0.425. The van der Waals surface area contributed by atoms with Crippen LogP contribution in [0.4, 0.5) is 0 Å². The van der Waals surface area contributed by atoms with Gasteiger partial charge in [-0.2, -0.15) is 0 Å². The Morgan fingerprint density at radius 2 is 2.15 bits per heavy atom. The molecule has 13 heavy (non-hydrogen) atoms. The average molecular weight is 207 g/mol. The molecule has 0 saturated carbocycles. The van der Waals surface area contributed by atoms with Crippen LogP contribution in [0.5, 0.6) is 0 Å². The van der Waals surface area contributed by atoms with E-state index in [4.69, 9.17) is 4.74 Å². The van der Waals surface area contributed by atoms with E-state index in [1.54, 1.807) is 6.92 Å². The van der Waals surface area contributed by atoms with Gasteiger partial charge in [0.15, 0.2) is 6.10 Å². The number of hydrogen-bond acceptors (Lipinski definition) is 5. The molecule has 1 fully saturated rings. The third-order valence-corrected chi connectivity index (χ3v) is 2.27. The highest BCUT2D eigenvalue weighted by Gasteiger charge is 2.44. The fourth-order valence-corrected chi connectivity index (χ4v) is 1.46. The van der Waals surface area contributed by atoms with Gasteiger partial charge in [0.05, 0.1) is 0 Å². The zero-order chi connectivity index (χ0) is 10.0. The van der Waals surface area contributed by atoms with Crippen LogP contribution in [0.25, 0.3) is 0 Å². The lowest BCUT2D eigenvalue weighted by atomic mass is 10.1. The van der Waals surface area contributed by atoms with Crippen molar-refractivity contribution < 1.29 is 19.7 Å². The number of hydrogen-bond donors (Lipinski definition) is 4. The fraction of sp³-hybridized carbons (Fsp3) is 0.857. The molecule has 0 radical (unpaired) electrons. The standard InChI is InChI=1S/C7H13NO4S/c1-2-8-6(11)5-3(9)4(10)7(13)12-5/h3-5,7,9-10,13H,2H2,1H3,(H,8,11). The number of aliphatic hydroxyl groups excluding tert-OH is 2. The second-order valence-electron chi connectivity index (χ2n) is 2.82. The summed E-state index contributed by atoms with van der Waals surface area (Å²) >= 11 is 3.86. The molecule has 6 heteroatoms. The van der Waals surface area contributed by atoms with Crippen molar-refractivity contribution in [1.29, 1.82) is 0 Å². The minimum atomic E-state index is -1.20. The molecule has 76 valence electrons. The SMILES string of the molecule is CCNC(=O)C1OC(S)C(O)C1O. The molecule has 5 nitrogen and oxygen atoms in total. The van der Waals surface area contributed by atoms with Gasteiger partial charge in [-0.05, 0) is 6.92 Å². The van der Waals surface area contributed by atoms with E-state index in [0.29, 0.717) is 6.54 Å². The molecule has 4 unspecified atom stereocenters. The van der Waals surface area contributed by atoms with Crippen molar-refractivity contribution in [3.8, 4) is 0 Å². The maximum atomic E-state index is 11.2. The lowest BCUT2D eigenvalue weighted by molar-refractivity contribution is -0.134. The summed E-state index contributed by atoms with van der Waals surface area (Å²) < 4.78 is 4.95. The van der Waals surface area contributed by atoms with Gasteiger partial charge in [-0.1, -0.05) is 0 Å². The molecular formula is C7H13NO4S. The molecule has 0 spiro atoms. The van der Waals surface area contributed by atoms with Gasteiger partial charge in [0.2, 0.25) is 0 Å². The molecular weight excluding hydrogens is 194 g/mol. The van der Waals surface area contributed by atoms with Gasteiger partial charge in [-0.15, -0.1) is 12.6 Å². The van der Waals surface area contributed by atoms with E-state index in [1.165, 1.54) is 0 Å². The number of nitrogens with one attached hydrogen (secondary N) is 1. The number of aliphatic hydroxyl groups is 2. The maximum Gasteiger partial charge on any atom is 0.252 e. The lowest BCUT2D eigenvalue weighted by Crippen LogP contribution is -2.42. The molecule has 1 aliphatic heterocycles. The Labute approximate surface area is 81.5 Å². The molecule has 0 aromatic heterocycles. The summed E-state index contributed by atoms with van der Waals surface area (Å²) in [6.07, 6.45) is -3.33. The van der Waals surface area contributed by atoms with Crippen LogP contribution >= 0.6 is 12.6 Å². The van der Waals surface area contributed by atoms with Crippen molar-refractivity contribution in [2.45, 2.75) is 30.7 Å². The third-order valence-electron chi connectivity index (χ3n) is 1.85. The van der Waals surface area contributed by atoms with Crippen molar-refractivity contribution in [1.82, 2.24) is 5.32 Å². The summed E-state index contributed by atoms with van der Waals surface area (Å²) in [4.78, 5) is 11.2. The Balaban J connectivity index is 2.57. The molecule has 0 aromatic rings. The van der Waals surface area contributed by atoms with Gasteiger partial charge in [-0.3, -0.25) is 4.79 Å². The number of rotatable bonds is 2. The number of carbonyl (C=O) groups is 1. The molecule has 1 aliphatic rings. The molecule has 4 atom stereocenters. The summed E-state index contributed by atoms with van der Waals surface area (Å²) in [7, 11) is 0. The van der Waals surface area contributed by atoms with Gasteiger partial charge in [0.25, 0.3) is 5.91 Å². The van der Waals surface area contributed by atoms with Gasteiger partial charge < -0.3 is 20.3 Å². The maximum absolute atomic E-state index is 11.2. The predicted octanol–water partition coefficient (Wildman–Crippen LogP) is -1.50. The van der Waals surface area contributed by atoms with E-state index in [2.05, 4.69) is 17.9 Å². The van der Waals surface area contributed by atoms with Gasteiger partial charge >= 0.3 is 0 Å². The van der Waals surface area contributed by atoms with Crippen LogP contribution in [-0.4, -0.2) is 46.4 Å². The first-order chi connectivity index (χ1) is 6.07. The summed E-state index contributed by atoms with van der Waals surface area (Å²) in [5.41, 5.74) is -0.803. The smallest absolute Gasteiger partial charge is 0.252 e. The van der Waals surface area contributed by atoms with Crippen LogP contribution in [0, 0.1) is 0 Å². The first-order valence-electron chi connectivity index (χ1n) is 4.05. The van der Waals surface area contributed by atoms with E-state index < -0.39 is 29.7 Å². The molecule has 0 aliphatic carbocycles. The zero-order valence-electron chi connectivity index (χ0n) is 7.17. The lowest BCUT2D eigenvalue weighted by Gasteiger charge is -2.13. The Hall–Kier alpha value is -0.300. The van der Waals surface area contributed by atoms with Crippen LogP contribution in [0.2, 0.25) is 0 Å². The van der Waals surface area contributed by atoms with Crippen molar-refractivity contribution in [2.75, 3.05) is 6.54 Å². The van der Waals surface area contributed by atoms with Crippen LogP contribution in [0.1, 0.15) is 6.92 Å². The van der Waals surface area contributed by atoms with Crippen LogP contribution < -0.4 is 5.32 Å². The Morgan fingerprint density at radius 3 is 2.54 bits per heavy atom. The Morgan fingerprint density at radius 1 is 1.54 bits per heavy atom. The topological polar surface area (TPSA) is 78.8 Å². The molecule has 1 amide bonds. The molecule has 0 bridgehead atoms. The average Bonchev–Trinajstić information content (AvgIpc) is 2.33. The van der Waals surface area contributed by atoms with Crippen LogP contribution in [-0.2, 0) is 9.53 Å². The number of amides is 1. The number of ether oxygens (including phenoxy) is 1. The van der Waals surface area contributed by atoms with E-state index in [-0.39, 0.29) is 0 Å². The van der Waals surface area contributed by atoms with E-state index in [0.717, 1.165) is 0 Å². The summed E-state index contributed by atoms with van der Waals surface area (Å²) in [6, 6.07) is 0. The first-order valence-corrected chi connectivity index (χ1v) is 4.57. The van der Waals surface area contributed by atoms with E-state index >= 15 is 0 Å². The summed E-state index contributed by atoms with van der Waals surface area (Å²) in [5.74, 6) is -0.425. The molecule has 1 saturated heterocycles. The van der Waals surface area contributed by atoms with Gasteiger partial charge in [0, 0.05) is 6.54 Å². The Kier molecular flexibility index (Phi) is 3.55. The highest BCUT2D eigenvalue weighted by Crippen LogP contribution is 2.23. The first kappa shape index (κ1) is 10.8. The monoisotopic (exact) mass is 207 g/mol. The largest absolute Gasteiger partial charge is 0.387 e. The highest BCUT2D eigenvalue weighted by atomic mass is 32.1. The van der Waals surface area contributed by atoms with Crippen molar-refractivity contribution in [3.05, 3.63) is 0 Å². The minimum Gasteiger partial charge on any atom is -0.387 e.